The van der Waals surface area contributed by atoms with Crippen molar-refractivity contribution in [1.82, 2.24) is 14.9 Å². The third-order valence-corrected chi connectivity index (χ3v) is 5.97. The van der Waals surface area contributed by atoms with Crippen LogP contribution in [0.3, 0.4) is 0 Å². The van der Waals surface area contributed by atoms with E-state index in [1.54, 1.807) is 21.3 Å². The first-order valence-electron chi connectivity index (χ1n) is 10.5. The monoisotopic (exact) mass is 414 g/mol. The van der Waals surface area contributed by atoms with Gasteiger partial charge in [0, 0.05) is 44.7 Å². The first kappa shape index (κ1) is 20.5. The van der Waals surface area contributed by atoms with E-state index in [4.69, 9.17) is 19.2 Å². The highest BCUT2D eigenvalue weighted by atomic mass is 16.5. The van der Waals surface area contributed by atoms with Gasteiger partial charge in [0.05, 0.1) is 27.0 Å². The molecule has 1 aromatic heterocycles. The molecule has 0 aliphatic carbocycles. The van der Waals surface area contributed by atoms with Crippen LogP contribution >= 0.6 is 0 Å². The van der Waals surface area contributed by atoms with Crippen LogP contribution < -0.4 is 24.7 Å². The molecule has 30 heavy (non-hydrogen) atoms. The zero-order valence-electron chi connectivity index (χ0n) is 18.0. The summed E-state index contributed by atoms with van der Waals surface area (Å²) in [5.74, 6) is 2.63. The molecular formula is C22H30N4O4. The van der Waals surface area contributed by atoms with Gasteiger partial charge in [-0.25, -0.2) is 4.98 Å². The smallest absolute Gasteiger partial charge is 0.255 e. The van der Waals surface area contributed by atoms with Gasteiger partial charge in [0.1, 0.15) is 0 Å². The summed E-state index contributed by atoms with van der Waals surface area (Å²) in [6.07, 6.45) is 3.78. The standard InChI is InChI=1S/C22H30N4O4/c1-28-18-12-15(13-19(29-2)20(18)30-3)14-25-10-6-16-17(7-11-25)23-22(24-21(16)27)26-8-4-5-9-26/h12-13H,4-11,14H2,1-3H3,(H,23,24,27). The fraction of sp³-hybridized carbons (Fsp3) is 0.545. The summed E-state index contributed by atoms with van der Waals surface area (Å²) in [4.78, 5) is 25.1. The zero-order valence-corrected chi connectivity index (χ0v) is 18.0. The molecule has 162 valence electrons. The van der Waals surface area contributed by atoms with Gasteiger partial charge in [0.15, 0.2) is 11.5 Å². The number of hydrogen-bond acceptors (Lipinski definition) is 7. The van der Waals surface area contributed by atoms with E-state index in [1.807, 2.05) is 12.1 Å². The van der Waals surface area contributed by atoms with E-state index in [9.17, 15) is 4.79 Å². The Bertz CT molecular complexity index is 928. The number of nitrogens with zero attached hydrogens (tertiary/aromatic N) is 3. The molecule has 8 heteroatoms. The number of benzene rings is 1. The molecule has 0 radical (unpaired) electrons. The van der Waals surface area contributed by atoms with Crippen molar-refractivity contribution in [3.8, 4) is 17.2 Å². The molecule has 4 rings (SSSR count). The zero-order chi connectivity index (χ0) is 21.1. The van der Waals surface area contributed by atoms with Crippen LogP contribution in [0.2, 0.25) is 0 Å². The van der Waals surface area contributed by atoms with E-state index < -0.39 is 0 Å². The maximum atomic E-state index is 12.7. The number of ether oxygens (including phenoxy) is 3. The summed E-state index contributed by atoms with van der Waals surface area (Å²) in [5, 5.41) is 0. The van der Waals surface area contributed by atoms with Crippen LogP contribution in [0.15, 0.2) is 16.9 Å². The van der Waals surface area contributed by atoms with E-state index in [1.165, 1.54) is 0 Å². The minimum absolute atomic E-state index is 0.0107. The second-order valence-corrected chi connectivity index (χ2v) is 7.82. The van der Waals surface area contributed by atoms with Crippen molar-refractivity contribution in [2.24, 2.45) is 0 Å². The second kappa shape index (κ2) is 8.95. The fourth-order valence-corrected chi connectivity index (χ4v) is 4.36. The third-order valence-electron chi connectivity index (χ3n) is 5.97. The summed E-state index contributed by atoms with van der Waals surface area (Å²) in [6, 6.07) is 3.96. The minimum atomic E-state index is 0.0107. The van der Waals surface area contributed by atoms with Crippen molar-refractivity contribution < 1.29 is 14.2 Å². The first-order valence-corrected chi connectivity index (χ1v) is 10.5. The number of fused-ring (bicyclic) bond motifs is 1. The Kier molecular flexibility index (Phi) is 6.13. The van der Waals surface area contributed by atoms with E-state index >= 15 is 0 Å². The molecule has 8 nitrogen and oxygen atoms in total. The van der Waals surface area contributed by atoms with Crippen LogP contribution in [-0.4, -0.2) is 62.4 Å². The van der Waals surface area contributed by atoms with Crippen LogP contribution in [0.1, 0.15) is 29.7 Å². The van der Waals surface area contributed by atoms with Gasteiger partial charge in [-0.3, -0.25) is 14.7 Å². The number of aromatic nitrogens is 2. The van der Waals surface area contributed by atoms with Crippen molar-refractivity contribution in [1.29, 1.82) is 0 Å². The Morgan fingerprint density at radius 3 is 2.27 bits per heavy atom. The van der Waals surface area contributed by atoms with Crippen molar-refractivity contribution in [2.45, 2.75) is 32.2 Å². The van der Waals surface area contributed by atoms with Gasteiger partial charge < -0.3 is 19.1 Å². The fourth-order valence-electron chi connectivity index (χ4n) is 4.36. The lowest BCUT2D eigenvalue weighted by molar-refractivity contribution is 0.276. The molecule has 0 unspecified atom stereocenters. The topological polar surface area (TPSA) is 79.9 Å². The molecule has 1 saturated heterocycles. The Labute approximate surface area is 176 Å². The lowest BCUT2D eigenvalue weighted by Gasteiger charge is -2.21. The van der Waals surface area contributed by atoms with Gasteiger partial charge in [-0.1, -0.05) is 0 Å². The predicted molar refractivity (Wildman–Crippen MR) is 115 cm³/mol. The SMILES string of the molecule is COc1cc(CN2CCc3nc(N4CCCC4)[nH]c(=O)c3CC2)cc(OC)c1OC. The normalized spacial score (nSPS) is 16.8. The average molecular weight is 415 g/mol. The van der Waals surface area contributed by atoms with Crippen LogP contribution in [0, 0.1) is 0 Å². The third kappa shape index (κ3) is 4.09. The number of anilines is 1. The lowest BCUT2D eigenvalue weighted by Crippen LogP contribution is -2.27. The molecule has 0 saturated carbocycles. The Morgan fingerprint density at radius 1 is 0.967 bits per heavy atom. The second-order valence-electron chi connectivity index (χ2n) is 7.82. The Balaban J connectivity index is 1.52. The Hall–Kier alpha value is -2.74. The summed E-state index contributed by atoms with van der Waals surface area (Å²) in [5.41, 5.74) is 2.85. The largest absolute Gasteiger partial charge is 0.493 e. The van der Waals surface area contributed by atoms with Gasteiger partial charge in [-0.15, -0.1) is 0 Å². The molecular weight excluding hydrogens is 384 g/mol. The quantitative estimate of drug-likeness (QED) is 0.774. The lowest BCUT2D eigenvalue weighted by atomic mass is 10.1. The van der Waals surface area contributed by atoms with Crippen LogP contribution in [0.25, 0.3) is 0 Å². The number of hydrogen-bond donors (Lipinski definition) is 1. The minimum Gasteiger partial charge on any atom is -0.493 e. The maximum absolute atomic E-state index is 12.7. The number of H-pyrrole nitrogens is 1. The highest BCUT2D eigenvalue weighted by molar-refractivity contribution is 5.53. The van der Waals surface area contributed by atoms with Gasteiger partial charge in [0.25, 0.3) is 5.56 Å². The summed E-state index contributed by atoms with van der Waals surface area (Å²) in [6.45, 7) is 4.32. The van der Waals surface area contributed by atoms with E-state index in [2.05, 4.69) is 14.8 Å². The predicted octanol–water partition coefficient (Wildman–Crippen LogP) is 2.00. The van der Waals surface area contributed by atoms with E-state index in [0.29, 0.717) is 23.7 Å². The summed E-state index contributed by atoms with van der Waals surface area (Å²) >= 11 is 0. The van der Waals surface area contributed by atoms with Gasteiger partial charge in [-0.05, 0) is 37.0 Å². The molecule has 0 amide bonds. The molecule has 2 aliphatic rings. The van der Waals surface area contributed by atoms with E-state index in [-0.39, 0.29) is 5.56 Å². The van der Waals surface area contributed by atoms with Crippen LogP contribution in [-0.2, 0) is 19.4 Å². The number of methoxy groups -OCH3 is 3. The number of rotatable bonds is 6. The molecule has 2 aliphatic heterocycles. The van der Waals surface area contributed by atoms with Crippen molar-refractivity contribution >= 4 is 5.95 Å². The van der Waals surface area contributed by atoms with Crippen molar-refractivity contribution in [3.05, 3.63) is 39.3 Å². The van der Waals surface area contributed by atoms with Gasteiger partial charge >= 0.3 is 0 Å². The molecule has 0 bridgehead atoms. The molecule has 1 N–H and O–H groups in total. The molecule has 3 heterocycles. The molecule has 1 fully saturated rings. The maximum Gasteiger partial charge on any atom is 0.255 e. The average Bonchev–Trinajstić information content (AvgIpc) is 3.22. The molecule has 1 aromatic carbocycles. The van der Waals surface area contributed by atoms with Crippen molar-refractivity contribution in [3.63, 3.8) is 0 Å². The van der Waals surface area contributed by atoms with E-state index in [0.717, 1.165) is 74.8 Å². The number of aromatic amines is 1. The van der Waals surface area contributed by atoms with Gasteiger partial charge in [0.2, 0.25) is 11.7 Å². The Morgan fingerprint density at radius 2 is 1.63 bits per heavy atom. The summed E-state index contributed by atoms with van der Waals surface area (Å²) in [7, 11) is 4.85. The highest BCUT2D eigenvalue weighted by Crippen LogP contribution is 2.38. The van der Waals surface area contributed by atoms with Gasteiger partial charge in [-0.2, -0.15) is 0 Å². The number of nitrogens with one attached hydrogen (secondary N) is 1. The molecule has 2 aromatic rings. The van der Waals surface area contributed by atoms with Crippen molar-refractivity contribution in [2.75, 3.05) is 52.4 Å². The summed E-state index contributed by atoms with van der Waals surface area (Å²) < 4.78 is 16.4. The highest BCUT2D eigenvalue weighted by Gasteiger charge is 2.22. The molecule has 0 spiro atoms. The van der Waals surface area contributed by atoms with Crippen LogP contribution in [0.5, 0.6) is 17.2 Å². The van der Waals surface area contributed by atoms with Crippen LogP contribution in [0.4, 0.5) is 5.95 Å². The molecule has 0 atom stereocenters. The first-order chi connectivity index (χ1) is 14.6.